The molecule has 0 aromatic carbocycles. The number of anilines is 2. The Morgan fingerprint density at radius 3 is 2.30 bits per heavy atom. The van der Waals surface area contributed by atoms with Gasteiger partial charge in [0.15, 0.2) is 0 Å². The van der Waals surface area contributed by atoms with Crippen LogP contribution in [0.2, 0.25) is 0 Å². The molecule has 0 spiro atoms. The normalized spacial score (nSPS) is 14.8. The van der Waals surface area contributed by atoms with E-state index in [9.17, 15) is 4.79 Å². The summed E-state index contributed by atoms with van der Waals surface area (Å²) < 4.78 is 7.12. The average molecular weight is 533 g/mol. The number of carbonyl (C=O) groups is 1. The lowest BCUT2D eigenvalue weighted by Crippen LogP contribution is -2.37. The second-order valence-electron chi connectivity index (χ2n) is 10.3. The summed E-state index contributed by atoms with van der Waals surface area (Å²) in [5.41, 5.74) is 0.907. The van der Waals surface area contributed by atoms with Crippen molar-refractivity contribution in [1.82, 2.24) is 19.6 Å². The number of hydrogen-bond acceptors (Lipinski definition) is 7. The van der Waals surface area contributed by atoms with Gasteiger partial charge in [0.05, 0.1) is 13.2 Å². The number of amides is 1. The van der Waals surface area contributed by atoms with Gasteiger partial charge < -0.3 is 15.0 Å². The summed E-state index contributed by atoms with van der Waals surface area (Å²) in [6.07, 6.45) is 17.9. The Hall–Kier alpha value is -1.87. The molecule has 1 saturated heterocycles. The number of thioether (sulfide) groups is 1. The number of ether oxygens (including phenoxy) is 1. The number of aromatic nitrogens is 4. The van der Waals surface area contributed by atoms with Crippen molar-refractivity contribution in [2.75, 3.05) is 48.0 Å². The van der Waals surface area contributed by atoms with Crippen LogP contribution in [0.1, 0.15) is 96.5 Å². The van der Waals surface area contributed by atoms with Crippen LogP contribution >= 0.6 is 11.8 Å². The fourth-order valence-corrected chi connectivity index (χ4v) is 5.84. The summed E-state index contributed by atoms with van der Waals surface area (Å²) in [6.45, 7) is 9.17. The van der Waals surface area contributed by atoms with Gasteiger partial charge in [-0.15, -0.1) is 0 Å². The smallest absolute Gasteiger partial charge is 0.256 e. The van der Waals surface area contributed by atoms with E-state index in [1.807, 2.05) is 25.6 Å². The highest BCUT2D eigenvalue weighted by Crippen LogP contribution is 2.27. The lowest BCUT2D eigenvalue weighted by molar-refractivity contribution is -0.118. The summed E-state index contributed by atoms with van der Waals surface area (Å²) in [6, 6.07) is 0. The first-order valence-corrected chi connectivity index (χ1v) is 15.7. The van der Waals surface area contributed by atoms with Crippen LogP contribution in [0.25, 0.3) is 5.78 Å². The second-order valence-corrected chi connectivity index (χ2v) is 11.5. The zero-order valence-corrected chi connectivity index (χ0v) is 24.2. The first-order chi connectivity index (χ1) is 18.1. The maximum Gasteiger partial charge on any atom is 0.256 e. The Balaban J connectivity index is 1.33. The van der Waals surface area contributed by atoms with Gasteiger partial charge in [0.2, 0.25) is 5.91 Å². The number of morpholine rings is 1. The molecule has 0 radical (unpaired) electrons. The SMILES string of the molecule is CCCCCCCCCCCCCCSCC(C)C(=O)Nc1c(C)c(N2CCOCC2)nc2ncnn12. The predicted molar refractivity (Wildman–Crippen MR) is 155 cm³/mol. The third kappa shape index (κ3) is 9.74. The molecular formula is C28H48N6O2S. The van der Waals surface area contributed by atoms with Gasteiger partial charge in [-0.2, -0.15) is 31.3 Å². The van der Waals surface area contributed by atoms with Crippen molar-refractivity contribution in [1.29, 1.82) is 0 Å². The summed E-state index contributed by atoms with van der Waals surface area (Å²) in [7, 11) is 0. The second kappa shape index (κ2) is 16.9. The van der Waals surface area contributed by atoms with E-state index in [2.05, 4.69) is 27.2 Å². The van der Waals surface area contributed by atoms with Crippen molar-refractivity contribution < 1.29 is 9.53 Å². The summed E-state index contributed by atoms with van der Waals surface area (Å²) in [4.78, 5) is 24.2. The number of fused-ring (bicyclic) bond motifs is 1. The maximum atomic E-state index is 13.0. The molecule has 1 fully saturated rings. The van der Waals surface area contributed by atoms with E-state index in [0.29, 0.717) is 24.8 Å². The van der Waals surface area contributed by atoms with Crippen LogP contribution in [0, 0.1) is 12.8 Å². The predicted octanol–water partition coefficient (Wildman–Crippen LogP) is 6.28. The van der Waals surface area contributed by atoms with Crippen LogP contribution in [0.3, 0.4) is 0 Å². The van der Waals surface area contributed by atoms with Gasteiger partial charge in [0.1, 0.15) is 18.0 Å². The van der Waals surface area contributed by atoms with E-state index in [0.717, 1.165) is 36.0 Å². The molecule has 1 aliphatic heterocycles. The molecule has 1 atom stereocenters. The summed E-state index contributed by atoms with van der Waals surface area (Å²) in [5.74, 6) is 3.88. The molecule has 1 aliphatic rings. The fraction of sp³-hybridized carbons (Fsp3) is 0.786. The largest absolute Gasteiger partial charge is 0.378 e. The fourth-order valence-electron chi connectivity index (χ4n) is 4.76. The number of unbranched alkanes of at least 4 members (excludes halogenated alkanes) is 11. The lowest BCUT2D eigenvalue weighted by Gasteiger charge is -2.29. The molecule has 1 amide bonds. The molecule has 3 heterocycles. The van der Waals surface area contributed by atoms with Gasteiger partial charge in [-0.05, 0) is 19.1 Å². The van der Waals surface area contributed by atoms with Gasteiger partial charge in [-0.3, -0.25) is 4.79 Å². The van der Waals surface area contributed by atoms with Crippen LogP contribution in [0.5, 0.6) is 0 Å². The minimum absolute atomic E-state index is 0.0150. The van der Waals surface area contributed by atoms with Crippen LogP contribution in [0.15, 0.2) is 6.33 Å². The number of rotatable bonds is 18. The van der Waals surface area contributed by atoms with Gasteiger partial charge in [-0.25, -0.2) is 0 Å². The van der Waals surface area contributed by atoms with Crippen LogP contribution in [-0.4, -0.2) is 63.3 Å². The van der Waals surface area contributed by atoms with E-state index in [1.165, 1.54) is 83.4 Å². The van der Waals surface area contributed by atoms with Crippen LogP contribution in [0.4, 0.5) is 11.6 Å². The van der Waals surface area contributed by atoms with Gasteiger partial charge in [0, 0.05) is 30.3 Å². The molecular weight excluding hydrogens is 484 g/mol. The molecule has 37 heavy (non-hydrogen) atoms. The summed E-state index contributed by atoms with van der Waals surface area (Å²) in [5, 5.41) is 7.43. The van der Waals surface area contributed by atoms with Crippen molar-refractivity contribution in [3.8, 4) is 0 Å². The molecule has 2 aromatic rings. The number of nitrogens with one attached hydrogen (secondary N) is 1. The Labute approximate surface area is 227 Å². The van der Waals surface area contributed by atoms with Gasteiger partial charge in [0.25, 0.3) is 5.78 Å². The molecule has 0 saturated carbocycles. The molecule has 3 rings (SSSR count). The van der Waals surface area contributed by atoms with E-state index in [1.54, 1.807) is 4.52 Å². The average Bonchev–Trinajstić information content (AvgIpc) is 3.39. The zero-order valence-electron chi connectivity index (χ0n) is 23.3. The zero-order chi connectivity index (χ0) is 26.3. The highest BCUT2D eigenvalue weighted by Gasteiger charge is 2.23. The molecule has 8 nitrogen and oxygen atoms in total. The number of carbonyl (C=O) groups excluding carboxylic acids is 1. The molecule has 1 N–H and O–H groups in total. The minimum atomic E-state index is -0.0831. The number of hydrogen-bond donors (Lipinski definition) is 1. The van der Waals surface area contributed by atoms with E-state index in [-0.39, 0.29) is 11.8 Å². The van der Waals surface area contributed by atoms with Crippen LogP contribution in [-0.2, 0) is 9.53 Å². The first kappa shape index (κ1) is 29.7. The Kier molecular flexibility index (Phi) is 13.5. The van der Waals surface area contributed by atoms with E-state index >= 15 is 0 Å². The van der Waals surface area contributed by atoms with Crippen LogP contribution < -0.4 is 10.2 Å². The van der Waals surface area contributed by atoms with Crippen molar-refractivity contribution in [3.63, 3.8) is 0 Å². The standard InChI is InChI=1S/C28H48N6O2S/c1-4-5-6-7-8-9-10-11-12-13-14-15-20-37-21-23(2)27(35)31-26-24(3)25(33-16-18-36-19-17-33)32-28-29-22-30-34(26)28/h22-23H,4-21H2,1-3H3,(H,31,35). The van der Waals surface area contributed by atoms with Crippen molar-refractivity contribution in [2.24, 2.45) is 5.92 Å². The molecule has 9 heteroatoms. The van der Waals surface area contributed by atoms with E-state index in [4.69, 9.17) is 9.72 Å². The third-order valence-electron chi connectivity index (χ3n) is 7.15. The van der Waals surface area contributed by atoms with Crippen molar-refractivity contribution in [3.05, 3.63) is 11.9 Å². The highest BCUT2D eigenvalue weighted by atomic mass is 32.2. The van der Waals surface area contributed by atoms with Gasteiger partial charge in [-0.1, -0.05) is 84.5 Å². The molecule has 2 aromatic heterocycles. The van der Waals surface area contributed by atoms with Gasteiger partial charge >= 0.3 is 0 Å². The van der Waals surface area contributed by atoms with Crippen molar-refractivity contribution in [2.45, 2.75) is 97.8 Å². The topological polar surface area (TPSA) is 84.7 Å². The van der Waals surface area contributed by atoms with Crippen molar-refractivity contribution >= 4 is 35.1 Å². The Bertz CT molecular complexity index is 931. The highest BCUT2D eigenvalue weighted by molar-refractivity contribution is 7.99. The molecule has 1 unspecified atom stereocenters. The maximum absolute atomic E-state index is 13.0. The minimum Gasteiger partial charge on any atom is -0.378 e. The summed E-state index contributed by atoms with van der Waals surface area (Å²) >= 11 is 1.89. The molecule has 0 bridgehead atoms. The lowest BCUT2D eigenvalue weighted by atomic mass is 10.1. The Morgan fingerprint density at radius 2 is 1.65 bits per heavy atom. The molecule has 0 aliphatic carbocycles. The first-order valence-electron chi connectivity index (χ1n) is 14.5. The van der Waals surface area contributed by atoms with E-state index < -0.39 is 0 Å². The Morgan fingerprint density at radius 1 is 1.03 bits per heavy atom. The third-order valence-corrected chi connectivity index (χ3v) is 8.46. The monoisotopic (exact) mass is 532 g/mol. The number of nitrogens with zero attached hydrogens (tertiary/aromatic N) is 5. The quantitative estimate of drug-likeness (QED) is 0.226. The molecule has 208 valence electrons.